The Morgan fingerprint density at radius 1 is 1.29 bits per heavy atom. The molecular weight excluding hydrogens is 492 g/mol. The molecule has 0 bridgehead atoms. The molecule has 1 aromatic heterocycles. The first-order valence-corrected chi connectivity index (χ1v) is 14.5. The summed E-state index contributed by atoms with van der Waals surface area (Å²) in [4.78, 5) is 30.5. The van der Waals surface area contributed by atoms with Gasteiger partial charge in [-0.05, 0) is 50.7 Å². The molecule has 2 unspecified atom stereocenters. The minimum absolute atomic E-state index is 0.0527. The van der Waals surface area contributed by atoms with Gasteiger partial charge in [-0.2, -0.15) is 5.26 Å². The molecule has 2 atom stereocenters. The summed E-state index contributed by atoms with van der Waals surface area (Å²) < 4.78 is 25.9. The molecule has 4 rings (SSSR count). The molecule has 3 aliphatic heterocycles. The van der Waals surface area contributed by atoms with Gasteiger partial charge in [-0.1, -0.05) is 30.9 Å². The van der Waals surface area contributed by atoms with E-state index in [1.165, 1.54) is 4.90 Å². The maximum Gasteiger partial charge on any atom is 0.270 e. The van der Waals surface area contributed by atoms with Crippen molar-refractivity contribution in [2.75, 3.05) is 29.5 Å². The number of aromatic nitrogens is 1. The van der Waals surface area contributed by atoms with E-state index in [4.69, 9.17) is 12.2 Å². The van der Waals surface area contributed by atoms with Gasteiger partial charge in [0, 0.05) is 25.2 Å². The van der Waals surface area contributed by atoms with Crippen molar-refractivity contribution < 1.29 is 13.2 Å². The third-order valence-electron chi connectivity index (χ3n) is 6.79. The lowest BCUT2D eigenvalue weighted by Crippen LogP contribution is -2.40. The number of thiocarbonyl (C=S) groups is 1. The van der Waals surface area contributed by atoms with Crippen LogP contribution in [0.3, 0.4) is 0 Å². The lowest BCUT2D eigenvalue weighted by Gasteiger charge is -2.35. The number of hydrogen-bond donors (Lipinski definition) is 0. The van der Waals surface area contributed by atoms with Crippen LogP contribution in [-0.4, -0.2) is 58.7 Å². The van der Waals surface area contributed by atoms with Gasteiger partial charge in [0.1, 0.15) is 21.8 Å². The molecule has 0 spiro atoms. The van der Waals surface area contributed by atoms with Crippen molar-refractivity contribution in [1.29, 1.82) is 5.26 Å². The standard InChI is InChI=1S/C23H28N4O4S3/c1-4-26-20(25-8-5-6-14(2)12-25)17(15(3)18(11-24)21(26)28)10-19-22(29)27(23(32)33-19)16-7-9-34(30,31)13-16/h10,14,16H,4-9,12-13H2,1-3H3/b19-10+. The van der Waals surface area contributed by atoms with E-state index in [0.29, 0.717) is 39.2 Å². The molecular formula is C23H28N4O4S3. The van der Waals surface area contributed by atoms with E-state index in [1.807, 2.05) is 13.0 Å². The highest BCUT2D eigenvalue weighted by atomic mass is 32.2. The van der Waals surface area contributed by atoms with Crippen LogP contribution in [0.4, 0.5) is 5.82 Å². The van der Waals surface area contributed by atoms with Crippen LogP contribution in [0.2, 0.25) is 0 Å². The molecule has 11 heteroatoms. The Labute approximate surface area is 209 Å². The number of hydrogen-bond acceptors (Lipinski definition) is 8. The highest BCUT2D eigenvalue weighted by molar-refractivity contribution is 8.26. The Kier molecular flexibility index (Phi) is 6.95. The zero-order chi connectivity index (χ0) is 24.8. The van der Waals surface area contributed by atoms with Crippen LogP contribution in [0.15, 0.2) is 9.70 Å². The lowest BCUT2D eigenvalue weighted by molar-refractivity contribution is -0.123. The average Bonchev–Trinajstić information content (AvgIpc) is 3.27. The highest BCUT2D eigenvalue weighted by Gasteiger charge is 2.42. The molecule has 3 aliphatic rings. The summed E-state index contributed by atoms with van der Waals surface area (Å²) in [7, 11) is -3.18. The summed E-state index contributed by atoms with van der Waals surface area (Å²) in [6, 6.07) is 1.60. The molecule has 8 nitrogen and oxygen atoms in total. The Bertz CT molecular complexity index is 1290. The van der Waals surface area contributed by atoms with Crippen molar-refractivity contribution >= 4 is 55.9 Å². The van der Waals surface area contributed by atoms with Gasteiger partial charge in [-0.15, -0.1) is 0 Å². The zero-order valence-corrected chi connectivity index (χ0v) is 22.0. The fourth-order valence-electron chi connectivity index (χ4n) is 5.06. The number of piperidine rings is 1. The van der Waals surface area contributed by atoms with Gasteiger partial charge < -0.3 is 4.90 Å². The Balaban J connectivity index is 1.84. The van der Waals surface area contributed by atoms with Crippen LogP contribution in [-0.2, 0) is 21.2 Å². The van der Waals surface area contributed by atoms with Crippen molar-refractivity contribution in [1.82, 2.24) is 9.47 Å². The first-order chi connectivity index (χ1) is 16.1. The van der Waals surface area contributed by atoms with Gasteiger partial charge in [0.2, 0.25) is 0 Å². The molecule has 3 fully saturated rings. The second kappa shape index (κ2) is 9.47. The van der Waals surface area contributed by atoms with Crippen molar-refractivity contribution in [2.24, 2.45) is 5.92 Å². The molecule has 1 amide bonds. The predicted octanol–water partition coefficient (Wildman–Crippen LogP) is 2.67. The smallest absolute Gasteiger partial charge is 0.270 e. The number of carbonyl (C=O) groups excluding carboxylic acids is 1. The van der Waals surface area contributed by atoms with Gasteiger partial charge in [-0.3, -0.25) is 19.1 Å². The SMILES string of the molecule is CCn1c(N2CCCC(C)C2)c(/C=C2/SC(=S)N(C3CCS(=O)(=O)C3)C2=O)c(C)c(C#N)c1=O. The van der Waals surface area contributed by atoms with Crippen molar-refractivity contribution in [3.8, 4) is 6.07 Å². The molecule has 1 aromatic rings. The summed E-state index contributed by atoms with van der Waals surface area (Å²) in [5.74, 6) is 0.839. The van der Waals surface area contributed by atoms with E-state index >= 15 is 0 Å². The van der Waals surface area contributed by atoms with Crippen molar-refractivity contribution in [2.45, 2.75) is 52.6 Å². The van der Waals surface area contributed by atoms with E-state index in [1.54, 1.807) is 17.6 Å². The molecule has 4 heterocycles. The number of amides is 1. The fraction of sp³-hybridized carbons (Fsp3) is 0.565. The quantitative estimate of drug-likeness (QED) is 0.441. The van der Waals surface area contributed by atoms with E-state index in [-0.39, 0.29) is 28.5 Å². The molecule has 0 radical (unpaired) electrons. The van der Waals surface area contributed by atoms with Gasteiger partial charge >= 0.3 is 0 Å². The number of nitriles is 1. The molecule has 3 saturated heterocycles. The summed E-state index contributed by atoms with van der Waals surface area (Å²) in [6.45, 7) is 7.77. The van der Waals surface area contributed by atoms with Crippen LogP contribution in [0.5, 0.6) is 0 Å². The Morgan fingerprint density at radius 2 is 2.03 bits per heavy atom. The van der Waals surface area contributed by atoms with E-state index in [0.717, 1.165) is 43.5 Å². The van der Waals surface area contributed by atoms with Gasteiger partial charge in [0.25, 0.3) is 11.5 Å². The maximum atomic E-state index is 13.4. The fourth-order valence-corrected chi connectivity index (χ4v) is 8.15. The first kappa shape index (κ1) is 24.9. The van der Waals surface area contributed by atoms with Crippen LogP contribution in [0.1, 0.15) is 49.8 Å². The van der Waals surface area contributed by atoms with Crippen LogP contribution >= 0.6 is 24.0 Å². The summed E-state index contributed by atoms with van der Waals surface area (Å²) >= 11 is 6.61. The van der Waals surface area contributed by atoms with Crippen molar-refractivity contribution in [3.05, 3.63) is 31.9 Å². The van der Waals surface area contributed by atoms with Gasteiger partial charge in [-0.25, -0.2) is 8.42 Å². The van der Waals surface area contributed by atoms with Gasteiger partial charge in [0.15, 0.2) is 9.84 Å². The summed E-state index contributed by atoms with van der Waals surface area (Å²) in [5, 5.41) is 9.72. The Morgan fingerprint density at radius 3 is 2.62 bits per heavy atom. The van der Waals surface area contributed by atoms with Crippen LogP contribution in [0.25, 0.3) is 6.08 Å². The molecule has 182 valence electrons. The zero-order valence-electron chi connectivity index (χ0n) is 19.5. The number of nitrogens with zero attached hydrogens (tertiary/aromatic N) is 4. The van der Waals surface area contributed by atoms with Crippen LogP contribution < -0.4 is 10.5 Å². The molecule has 34 heavy (non-hydrogen) atoms. The average molecular weight is 521 g/mol. The number of carbonyl (C=O) groups is 1. The molecule has 0 aliphatic carbocycles. The minimum Gasteiger partial charge on any atom is -0.357 e. The monoisotopic (exact) mass is 520 g/mol. The normalized spacial score (nSPS) is 25.9. The second-order valence-electron chi connectivity index (χ2n) is 9.20. The number of rotatable bonds is 4. The number of pyridine rings is 1. The molecule has 0 saturated carbocycles. The predicted molar refractivity (Wildman–Crippen MR) is 139 cm³/mol. The van der Waals surface area contributed by atoms with Crippen molar-refractivity contribution in [3.63, 3.8) is 0 Å². The van der Waals surface area contributed by atoms with Crippen LogP contribution in [0, 0.1) is 24.2 Å². The molecule has 0 N–H and O–H groups in total. The minimum atomic E-state index is -3.18. The first-order valence-electron chi connectivity index (χ1n) is 11.5. The molecule has 0 aromatic carbocycles. The maximum absolute atomic E-state index is 13.4. The Hall–Kier alpha value is -2.16. The third-order valence-corrected chi connectivity index (χ3v) is 9.87. The number of sulfone groups is 1. The summed E-state index contributed by atoms with van der Waals surface area (Å²) in [5.41, 5.74) is 0.960. The van der Waals surface area contributed by atoms with E-state index in [2.05, 4.69) is 11.8 Å². The second-order valence-corrected chi connectivity index (χ2v) is 13.1. The van der Waals surface area contributed by atoms with E-state index < -0.39 is 15.9 Å². The van der Waals surface area contributed by atoms with E-state index in [9.17, 15) is 23.3 Å². The third kappa shape index (κ3) is 4.43. The van der Waals surface area contributed by atoms with Gasteiger partial charge in [0.05, 0.1) is 22.5 Å². The summed E-state index contributed by atoms with van der Waals surface area (Å²) in [6.07, 6.45) is 4.21. The largest absolute Gasteiger partial charge is 0.357 e. The number of anilines is 1. The lowest BCUT2D eigenvalue weighted by atomic mass is 9.98. The number of thioether (sulfide) groups is 1. The topological polar surface area (TPSA) is 103 Å². The highest BCUT2D eigenvalue weighted by Crippen LogP contribution is 2.39.